The second kappa shape index (κ2) is 6.05. The quantitative estimate of drug-likeness (QED) is 0.834. The number of hydrogen-bond donors (Lipinski definition) is 1. The zero-order valence-corrected chi connectivity index (χ0v) is 10.6. The first kappa shape index (κ1) is 12.4. The van der Waals surface area contributed by atoms with Crippen LogP contribution < -0.4 is 0 Å². The molecule has 0 aromatic carbocycles. The van der Waals surface area contributed by atoms with Crippen LogP contribution in [0.15, 0.2) is 23.4 Å². The second-order valence-corrected chi connectivity index (χ2v) is 5.74. The molecule has 1 N–H and O–H groups in total. The van der Waals surface area contributed by atoms with Crippen molar-refractivity contribution < 1.29 is 9.90 Å². The second-order valence-electron chi connectivity index (χ2n) is 4.42. The van der Waals surface area contributed by atoms with Crippen LogP contribution in [0.1, 0.15) is 48.9 Å². The number of thioether (sulfide) groups is 1. The minimum Gasteiger partial charge on any atom is -0.478 e. The van der Waals surface area contributed by atoms with Gasteiger partial charge in [0.2, 0.25) is 0 Å². The molecule has 1 aromatic rings. The van der Waals surface area contributed by atoms with Crippen LogP contribution in [-0.4, -0.2) is 21.3 Å². The molecule has 1 heterocycles. The largest absolute Gasteiger partial charge is 0.478 e. The molecule has 2 rings (SSSR count). The van der Waals surface area contributed by atoms with E-state index in [1.165, 1.54) is 44.7 Å². The maximum absolute atomic E-state index is 10.7. The summed E-state index contributed by atoms with van der Waals surface area (Å²) in [5.41, 5.74) is 0.259. The SMILES string of the molecule is O=C(O)c1ccc(SC2CCCCCC2)nc1. The van der Waals surface area contributed by atoms with Crippen LogP contribution in [0, 0.1) is 0 Å². The fraction of sp³-hybridized carbons (Fsp3) is 0.538. The molecule has 0 spiro atoms. The number of carboxylic acids is 1. The number of hydrogen-bond acceptors (Lipinski definition) is 3. The van der Waals surface area contributed by atoms with Crippen molar-refractivity contribution in [3.05, 3.63) is 23.9 Å². The van der Waals surface area contributed by atoms with E-state index in [-0.39, 0.29) is 5.56 Å². The number of pyridine rings is 1. The Hall–Kier alpha value is -1.03. The Kier molecular flexibility index (Phi) is 4.42. The molecule has 4 heteroatoms. The van der Waals surface area contributed by atoms with E-state index in [4.69, 9.17) is 5.11 Å². The normalized spacial score (nSPS) is 17.6. The van der Waals surface area contributed by atoms with E-state index >= 15 is 0 Å². The van der Waals surface area contributed by atoms with Crippen LogP contribution >= 0.6 is 11.8 Å². The summed E-state index contributed by atoms with van der Waals surface area (Å²) in [5.74, 6) is -0.913. The topological polar surface area (TPSA) is 50.2 Å². The van der Waals surface area contributed by atoms with Crippen LogP contribution in [-0.2, 0) is 0 Å². The van der Waals surface area contributed by atoms with Crippen molar-refractivity contribution in [1.82, 2.24) is 4.98 Å². The van der Waals surface area contributed by atoms with Gasteiger partial charge in [-0.2, -0.15) is 0 Å². The predicted octanol–water partition coefficient (Wildman–Crippen LogP) is 3.59. The molecule has 1 aliphatic rings. The summed E-state index contributed by atoms with van der Waals surface area (Å²) in [6, 6.07) is 3.45. The lowest BCUT2D eigenvalue weighted by Crippen LogP contribution is -2.02. The molecule has 1 fully saturated rings. The third-order valence-corrected chi connectivity index (χ3v) is 4.36. The molecule has 0 aliphatic heterocycles. The average Bonchev–Trinajstić information content (AvgIpc) is 2.58. The lowest BCUT2D eigenvalue weighted by atomic mass is 10.2. The molecule has 0 radical (unpaired) electrons. The van der Waals surface area contributed by atoms with E-state index in [0.29, 0.717) is 5.25 Å². The highest BCUT2D eigenvalue weighted by Crippen LogP contribution is 2.31. The Morgan fingerprint density at radius 1 is 1.24 bits per heavy atom. The molecule has 0 atom stereocenters. The van der Waals surface area contributed by atoms with E-state index in [1.807, 2.05) is 6.07 Å². The number of nitrogens with zero attached hydrogens (tertiary/aromatic N) is 1. The molecule has 0 bridgehead atoms. The zero-order valence-electron chi connectivity index (χ0n) is 9.76. The standard InChI is InChI=1S/C13H17NO2S/c15-13(16)10-7-8-12(14-9-10)17-11-5-3-1-2-4-6-11/h7-9,11H,1-6H2,(H,15,16). The van der Waals surface area contributed by atoms with Gasteiger partial charge in [-0.15, -0.1) is 11.8 Å². The van der Waals surface area contributed by atoms with Gasteiger partial charge >= 0.3 is 5.97 Å². The summed E-state index contributed by atoms with van der Waals surface area (Å²) in [6.07, 6.45) is 9.28. The monoisotopic (exact) mass is 251 g/mol. The molecule has 92 valence electrons. The average molecular weight is 251 g/mol. The number of aromatic carboxylic acids is 1. The van der Waals surface area contributed by atoms with Crippen molar-refractivity contribution in [2.24, 2.45) is 0 Å². The Bertz CT molecular complexity index is 370. The summed E-state index contributed by atoms with van der Waals surface area (Å²) in [6.45, 7) is 0. The zero-order chi connectivity index (χ0) is 12.1. The molecular weight excluding hydrogens is 234 g/mol. The molecule has 3 nitrogen and oxygen atoms in total. The summed E-state index contributed by atoms with van der Waals surface area (Å²) < 4.78 is 0. The number of carboxylic acid groups (broad SMARTS) is 1. The molecule has 0 unspecified atom stereocenters. The van der Waals surface area contributed by atoms with Gasteiger partial charge in [-0.1, -0.05) is 25.7 Å². The summed E-state index contributed by atoms with van der Waals surface area (Å²) in [7, 11) is 0. The van der Waals surface area contributed by atoms with Crippen molar-refractivity contribution in [2.45, 2.75) is 48.8 Å². The van der Waals surface area contributed by atoms with Gasteiger partial charge in [0.25, 0.3) is 0 Å². The van der Waals surface area contributed by atoms with Crippen molar-refractivity contribution in [2.75, 3.05) is 0 Å². The summed E-state index contributed by atoms with van der Waals surface area (Å²) in [4.78, 5) is 14.9. The Morgan fingerprint density at radius 2 is 1.94 bits per heavy atom. The third kappa shape index (κ3) is 3.73. The fourth-order valence-corrected chi connectivity index (χ4v) is 3.28. The van der Waals surface area contributed by atoms with Crippen LogP contribution in [0.5, 0.6) is 0 Å². The van der Waals surface area contributed by atoms with Gasteiger partial charge in [-0.3, -0.25) is 0 Å². The number of carbonyl (C=O) groups is 1. The van der Waals surface area contributed by atoms with Gasteiger partial charge in [-0.25, -0.2) is 9.78 Å². The van der Waals surface area contributed by atoms with E-state index in [9.17, 15) is 4.79 Å². The molecule has 1 aliphatic carbocycles. The van der Waals surface area contributed by atoms with E-state index in [0.717, 1.165) is 5.03 Å². The third-order valence-electron chi connectivity index (χ3n) is 3.07. The first-order chi connectivity index (χ1) is 8.25. The maximum atomic E-state index is 10.7. The van der Waals surface area contributed by atoms with Crippen molar-refractivity contribution in [3.8, 4) is 0 Å². The molecule has 0 amide bonds. The predicted molar refractivity (Wildman–Crippen MR) is 68.5 cm³/mol. The highest BCUT2D eigenvalue weighted by Gasteiger charge is 2.14. The molecule has 17 heavy (non-hydrogen) atoms. The number of rotatable bonds is 3. The molecule has 1 aromatic heterocycles. The van der Waals surface area contributed by atoms with Crippen molar-refractivity contribution in [1.29, 1.82) is 0 Å². The Balaban J connectivity index is 1.95. The Morgan fingerprint density at radius 3 is 2.47 bits per heavy atom. The van der Waals surface area contributed by atoms with Crippen LogP contribution in [0.4, 0.5) is 0 Å². The highest BCUT2D eigenvalue weighted by atomic mass is 32.2. The molecule has 0 saturated heterocycles. The minimum absolute atomic E-state index is 0.259. The summed E-state index contributed by atoms with van der Waals surface area (Å²) in [5, 5.41) is 10.4. The van der Waals surface area contributed by atoms with Gasteiger partial charge in [0.15, 0.2) is 0 Å². The van der Waals surface area contributed by atoms with Gasteiger partial charge in [-0.05, 0) is 25.0 Å². The highest BCUT2D eigenvalue weighted by molar-refractivity contribution is 7.99. The fourth-order valence-electron chi connectivity index (χ4n) is 2.11. The first-order valence-electron chi connectivity index (χ1n) is 6.12. The van der Waals surface area contributed by atoms with Crippen molar-refractivity contribution >= 4 is 17.7 Å². The van der Waals surface area contributed by atoms with Gasteiger partial charge in [0, 0.05) is 11.4 Å². The van der Waals surface area contributed by atoms with Crippen LogP contribution in [0.25, 0.3) is 0 Å². The van der Waals surface area contributed by atoms with Gasteiger partial charge in [0.1, 0.15) is 0 Å². The molecule has 1 saturated carbocycles. The van der Waals surface area contributed by atoms with Gasteiger partial charge < -0.3 is 5.11 Å². The molecular formula is C13H17NO2S. The van der Waals surface area contributed by atoms with E-state index in [1.54, 1.807) is 17.8 Å². The maximum Gasteiger partial charge on any atom is 0.337 e. The lowest BCUT2D eigenvalue weighted by molar-refractivity contribution is 0.0696. The van der Waals surface area contributed by atoms with Crippen LogP contribution in [0.3, 0.4) is 0 Å². The number of aromatic nitrogens is 1. The van der Waals surface area contributed by atoms with Gasteiger partial charge in [0.05, 0.1) is 10.6 Å². The lowest BCUT2D eigenvalue weighted by Gasteiger charge is -2.12. The smallest absolute Gasteiger partial charge is 0.337 e. The first-order valence-corrected chi connectivity index (χ1v) is 6.99. The Labute approximate surface area is 106 Å². The van der Waals surface area contributed by atoms with E-state index in [2.05, 4.69) is 4.98 Å². The van der Waals surface area contributed by atoms with Crippen LogP contribution in [0.2, 0.25) is 0 Å². The van der Waals surface area contributed by atoms with Crippen molar-refractivity contribution in [3.63, 3.8) is 0 Å². The summed E-state index contributed by atoms with van der Waals surface area (Å²) >= 11 is 1.79. The van der Waals surface area contributed by atoms with E-state index < -0.39 is 5.97 Å². The minimum atomic E-state index is -0.913.